The lowest BCUT2D eigenvalue weighted by Crippen LogP contribution is -2.17. The van der Waals surface area contributed by atoms with Crippen molar-refractivity contribution in [1.29, 1.82) is 0 Å². The number of sulfonamides is 1. The molecule has 0 saturated heterocycles. The van der Waals surface area contributed by atoms with E-state index in [0.29, 0.717) is 30.4 Å². The Morgan fingerprint density at radius 3 is 2.37 bits per heavy atom. The van der Waals surface area contributed by atoms with Crippen LogP contribution >= 0.6 is 0 Å². The molecule has 0 atom stereocenters. The summed E-state index contributed by atoms with van der Waals surface area (Å²) in [4.78, 5) is 12.5. The Hall–Kier alpha value is -3.59. The van der Waals surface area contributed by atoms with Crippen molar-refractivity contribution in [3.8, 4) is 11.5 Å². The molecule has 0 aliphatic carbocycles. The van der Waals surface area contributed by atoms with Crippen LogP contribution in [0.4, 0.5) is 15.8 Å². The van der Waals surface area contributed by atoms with Gasteiger partial charge in [0.2, 0.25) is 0 Å². The SMILES string of the molecule is O=C(Nc1ccc2c(c1)OCCO2)c1cccc(NS(=O)(=O)c2ccc(F)cc2)c1. The molecule has 9 heteroatoms. The van der Waals surface area contributed by atoms with Crippen LogP contribution in [0, 0.1) is 5.82 Å². The zero-order chi connectivity index (χ0) is 21.1. The maximum atomic E-state index is 13.0. The molecule has 1 heterocycles. The first-order valence-corrected chi connectivity index (χ1v) is 10.5. The Morgan fingerprint density at radius 2 is 1.60 bits per heavy atom. The molecule has 0 unspecified atom stereocenters. The Bertz CT molecular complexity index is 1200. The van der Waals surface area contributed by atoms with Gasteiger partial charge in [0.05, 0.1) is 4.90 Å². The maximum absolute atomic E-state index is 13.0. The minimum atomic E-state index is -3.92. The maximum Gasteiger partial charge on any atom is 0.261 e. The van der Waals surface area contributed by atoms with Crippen LogP contribution in [-0.2, 0) is 10.0 Å². The summed E-state index contributed by atoms with van der Waals surface area (Å²) in [7, 11) is -3.92. The smallest absolute Gasteiger partial charge is 0.261 e. The molecule has 7 nitrogen and oxygen atoms in total. The highest BCUT2D eigenvalue weighted by Crippen LogP contribution is 2.32. The fraction of sp³-hybridized carbons (Fsp3) is 0.0952. The molecule has 30 heavy (non-hydrogen) atoms. The number of ether oxygens (including phenoxy) is 2. The Balaban J connectivity index is 1.50. The van der Waals surface area contributed by atoms with Gasteiger partial charge in [0, 0.05) is 23.0 Å². The predicted molar refractivity (Wildman–Crippen MR) is 109 cm³/mol. The van der Waals surface area contributed by atoms with Gasteiger partial charge < -0.3 is 14.8 Å². The second-order valence-corrected chi connectivity index (χ2v) is 8.14. The Morgan fingerprint density at radius 1 is 0.867 bits per heavy atom. The number of anilines is 2. The molecule has 0 spiro atoms. The number of hydrogen-bond acceptors (Lipinski definition) is 5. The molecule has 0 bridgehead atoms. The lowest BCUT2D eigenvalue weighted by Gasteiger charge is -2.19. The van der Waals surface area contributed by atoms with Crippen molar-refractivity contribution >= 4 is 27.3 Å². The highest BCUT2D eigenvalue weighted by molar-refractivity contribution is 7.92. The van der Waals surface area contributed by atoms with E-state index in [9.17, 15) is 17.6 Å². The van der Waals surface area contributed by atoms with Gasteiger partial charge in [-0.25, -0.2) is 12.8 Å². The van der Waals surface area contributed by atoms with E-state index in [1.54, 1.807) is 30.3 Å². The monoisotopic (exact) mass is 428 g/mol. The summed E-state index contributed by atoms with van der Waals surface area (Å²) < 4.78 is 51.3. The van der Waals surface area contributed by atoms with Gasteiger partial charge in [-0.2, -0.15) is 0 Å². The van der Waals surface area contributed by atoms with Crippen molar-refractivity contribution < 1.29 is 27.1 Å². The predicted octanol–water partition coefficient (Wildman–Crippen LogP) is 3.65. The first kappa shape index (κ1) is 19.7. The first-order chi connectivity index (χ1) is 14.4. The van der Waals surface area contributed by atoms with Crippen molar-refractivity contribution in [1.82, 2.24) is 0 Å². The van der Waals surface area contributed by atoms with E-state index in [4.69, 9.17) is 9.47 Å². The third kappa shape index (κ3) is 4.36. The second-order valence-electron chi connectivity index (χ2n) is 6.45. The Labute approximate surface area is 172 Å². The summed E-state index contributed by atoms with van der Waals surface area (Å²) in [5.74, 6) is 0.192. The van der Waals surface area contributed by atoms with Crippen LogP contribution in [0.1, 0.15) is 10.4 Å². The molecule has 154 valence electrons. The number of amides is 1. The van der Waals surface area contributed by atoms with Crippen LogP contribution in [0.15, 0.2) is 71.6 Å². The molecule has 1 aliphatic heterocycles. The number of nitrogens with one attached hydrogen (secondary N) is 2. The fourth-order valence-corrected chi connectivity index (χ4v) is 3.93. The average molecular weight is 428 g/mol. The van der Waals surface area contributed by atoms with Gasteiger partial charge in [-0.3, -0.25) is 9.52 Å². The lowest BCUT2D eigenvalue weighted by atomic mass is 10.2. The van der Waals surface area contributed by atoms with Gasteiger partial charge in [0.25, 0.3) is 15.9 Å². The van der Waals surface area contributed by atoms with Crippen LogP contribution in [0.2, 0.25) is 0 Å². The van der Waals surface area contributed by atoms with Gasteiger partial charge >= 0.3 is 0 Å². The van der Waals surface area contributed by atoms with Crippen molar-refractivity contribution in [3.63, 3.8) is 0 Å². The van der Waals surface area contributed by atoms with Gasteiger partial charge in [0.15, 0.2) is 11.5 Å². The van der Waals surface area contributed by atoms with Crippen molar-refractivity contribution in [2.24, 2.45) is 0 Å². The van der Waals surface area contributed by atoms with Gasteiger partial charge in [-0.15, -0.1) is 0 Å². The van der Waals surface area contributed by atoms with Crippen molar-refractivity contribution in [2.45, 2.75) is 4.90 Å². The van der Waals surface area contributed by atoms with Gasteiger partial charge in [-0.05, 0) is 54.6 Å². The topological polar surface area (TPSA) is 93.7 Å². The largest absolute Gasteiger partial charge is 0.486 e. The molecule has 0 radical (unpaired) electrons. The van der Waals surface area contributed by atoms with Crippen LogP contribution < -0.4 is 19.5 Å². The summed E-state index contributed by atoms with van der Waals surface area (Å²) in [6.45, 7) is 0.903. The third-order valence-corrected chi connectivity index (χ3v) is 5.70. The number of carbonyl (C=O) groups excluding carboxylic acids is 1. The Kier molecular flexibility index (Phi) is 5.28. The summed E-state index contributed by atoms with van der Waals surface area (Å²) in [5, 5.41) is 2.74. The normalized spacial score (nSPS) is 12.8. The number of benzene rings is 3. The molecule has 3 aromatic carbocycles. The second kappa shape index (κ2) is 8.03. The van der Waals surface area contributed by atoms with E-state index in [1.807, 2.05) is 0 Å². The molecule has 3 aromatic rings. The van der Waals surface area contributed by atoms with E-state index in [1.165, 1.54) is 12.1 Å². The number of carbonyl (C=O) groups is 1. The molecule has 0 aromatic heterocycles. The third-order valence-electron chi connectivity index (χ3n) is 4.30. The molecule has 4 rings (SSSR count). The molecule has 2 N–H and O–H groups in total. The van der Waals surface area contributed by atoms with Crippen LogP contribution in [0.3, 0.4) is 0 Å². The first-order valence-electron chi connectivity index (χ1n) is 9.00. The summed E-state index contributed by atoms with van der Waals surface area (Å²) in [5.41, 5.74) is 0.972. The zero-order valence-corrected chi connectivity index (χ0v) is 16.4. The fourth-order valence-electron chi connectivity index (χ4n) is 2.88. The van der Waals surface area contributed by atoms with Gasteiger partial charge in [-0.1, -0.05) is 6.07 Å². The van der Waals surface area contributed by atoms with Gasteiger partial charge in [0.1, 0.15) is 19.0 Å². The van der Waals surface area contributed by atoms with Crippen LogP contribution in [0.5, 0.6) is 11.5 Å². The van der Waals surface area contributed by atoms with Crippen LogP contribution in [-0.4, -0.2) is 27.5 Å². The molecule has 0 fully saturated rings. The standard InChI is InChI=1S/C21H17FN2O5S/c22-15-4-7-18(8-5-15)30(26,27)24-17-3-1-2-14(12-17)21(25)23-16-6-9-19-20(13-16)29-11-10-28-19/h1-9,12-13,24H,10-11H2,(H,23,25). The number of halogens is 1. The highest BCUT2D eigenvalue weighted by Gasteiger charge is 2.16. The summed E-state index contributed by atoms with van der Waals surface area (Å²) >= 11 is 0. The van der Waals surface area contributed by atoms with Crippen LogP contribution in [0.25, 0.3) is 0 Å². The minimum absolute atomic E-state index is 0.0879. The van der Waals surface area contributed by atoms with E-state index in [2.05, 4.69) is 10.0 Å². The highest BCUT2D eigenvalue weighted by atomic mass is 32.2. The quantitative estimate of drug-likeness (QED) is 0.647. The molecular formula is C21H17FN2O5S. The summed E-state index contributed by atoms with van der Waals surface area (Å²) in [6, 6.07) is 15.5. The van der Waals surface area contributed by atoms with E-state index < -0.39 is 21.7 Å². The molecular weight excluding hydrogens is 411 g/mol. The molecule has 1 aliphatic rings. The average Bonchev–Trinajstić information content (AvgIpc) is 2.74. The van der Waals surface area contributed by atoms with Crippen molar-refractivity contribution in [2.75, 3.05) is 23.3 Å². The molecule has 1 amide bonds. The van der Waals surface area contributed by atoms with E-state index >= 15 is 0 Å². The molecule has 0 saturated carbocycles. The summed E-state index contributed by atoms with van der Waals surface area (Å²) in [6.07, 6.45) is 0. The van der Waals surface area contributed by atoms with E-state index in [0.717, 1.165) is 24.3 Å². The number of fused-ring (bicyclic) bond motifs is 1. The van der Waals surface area contributed by atoms with E-state index in [-0.39, 0.29) is 16.1 Å². The van der Waals surface area contributed by atoms with Crippen molar-refractivity contribution in [3.05, 3.63) is 78.1 Å². The number of rotatable bonds is 5. The number of hydrogen-bond donors (Lipinski definition) is 2. The lowest BCUT2D eigenvalue weighted by molar-refractivity contribution is 0.102. The minimum Gasteiger partial charge on any atom is -0.486 e. The zero-order valence-electron chi connectivity index (χ0n) is 15.6.